The minimum absolute atomic E-state index is 0.0867. The van der Waals surface area contributed by atoms with Gasteiger partial charge in [0, 0.05) is 30.8 Å². The lowest BCUT2D eigenvalue weighted by Crippen LogP contribution is -2.60. The summed E-state index contributed by atoms with van der Waals surface area (Å²) in [7, 11) is 0. The molecule has 250 valence electrons. The van der Waals surface area contributed by atoms with Gasteiger partial charge in [0.1, 0.15) is 6.10 Å². The molecule has 1 heterocycles. The van der Waals surface area contributed by atoms with Gasteiger partial charge in [-0.05, 0) is 105 Å². The average molecular weight is 619 g/mol. The molecule has 0 aromatic rings. The highest BCUT2D eigenvalue weighted by atomic mass is 16.6. The Balaban J connectivity index is 1.27. The number of hydrogen-bond donors (Lipinski definition) is 4. The Hall–Kier alpha value is -1.42. The quantitative estimate of drug-likeness (QED) is 0.318. The number of amides is 1. The molecule has 1 aliphatic heterocycles. The van der Waals surface area contributed by atoms with E-state index in [4.69, 9.17) is 19.9 Å². The first-order valence-corrected chi connectivity index (χ1v) is 17.3. The molecular formula is C35H58N2O7. The molecule has 5 aliphatic carbocycles. The molecule has 5 N–H and O–H groups in total. The zero-order valence-corrected chi connectivity index (χ0v) is 28.3. The summed E-state index contributed by atoms with van der Waals surface area (Å²) in [6.07, 6.45) is 5.39. The van der Waals surface area contributed by atoms with E-state index < -0.39 is 29.9 Å². The number of carbonyl (C=O) groups is 2. The zero-order chi connectivity index (χ0) is 32.3. The Bertz CT molecular complexity index is 1170. The van der Waals surface area contributed by atoms with Gasteiger partial charge in [0.15, 0.2) is 6.10 Å². The van der Waals surface area contributed by atoms with Gasteiger partial charge in [-0.1, -0.05) is 34.6 Å². The Morgan fingerprint density at radius 3 is 2.36 bits per heavy atom. The van der Waals surface area contributed by atoms with Crippen molar-refractivity contribution in [3.05, 3.63) is 0 Å². The Kier molecular flexibility index (Phi) is 7.60. The third kappa shape index (κ3) is 4.23. The highest BCUT2D eigenvalue weighted by Crippen LogP contribution is 2.89. The number of aliphatic hydroxyl groups excluding tert-OH is 1. The van der Waals surface area contributed by atoms with Gasteiger partial charge >= 0.3 is 12.1 Å². The number of esters is 1. The maximum Gasteiger partial charge on any atom is 0.407 e. The van der Waals surface area contributed by atoms with Crippen molar-refractivity contribution in [3.8, 4) is 0 Å². The summed E-state index contributed by atoms with van der Waals surface area (Å²) in [5, 5.41) is 26.2. The maximum atomic E-state index is 12.5. The van der Waals surface area contributed by atoms with Crippen molar-refractivity contribution >= 4 is 12.1 Å². The molecule has 1 amide bonds. The number of hydrogen-bond acceptors (Lipinski definition) is 8. The molecule has 0 aromatic carbocycles. The minimum Gasteiger partial charge on any atom is -0.457 e. The molecular weight excluding hydrogens is 560 g/mol. The normalized spacial score (nSPS) is 49.2. The number of alkyl carbamates (subject to hydrolysis) is 1. The van der Waals surface area contributed by atoms with E-state index in [1.807, 2.05) is 0 Å². The maximum absolute atomic E-state index is 12.5. The second kappa shape index (κ2) is 10.3. The number of ether oxygens (including phenoxy) is 3. The monoisotopic (exact) mass is 618 g/mol. The van der Waals surface area contributed by atoms with E-state index in [0.29, 0.717) is 31.3 Å². The van der Waals surface area contributed by atoms with E-state index in [0.717, 1.165) is 32.1 Å². The van der Waals surface area contributed by atoms with Crippen molar-refractivity contribution < 1.29 is 34.0 Å². The standard InChI is InChI=1S/C35H58N2O7/c1-19-17-21(28(31(5,6)41)42-20(2)38)43-26-25(19)32(7)13-14-35-18-34(35)12-11-24(44-29(40)37-16-15-36)30(3,4)22(34)9-10-23(35)33(32,8)27(26)39/h19,21-28,39,41H,9-18,36H2,1-8H3,(H,37,40)/t19?,21?,22-,23-,24?,25?,26?,27-,28-,32+,33+,34+,35?/m0/s1. The fourth-order valence-corrected chi connectivity index (χ4v) is 12.9. The van der Waals surface area contributed by atoms with Gasteiger partial charge < -0.3 is 35.5 Å². The summed E-state index contributed by atoms with van der Waals surface area (Å²) in [5.41, 5.74) is 4.19. The van der Waals surface area contributed by atoms with Gasteiger partial charge in [-0.2, -0.15) is 0 Å². The van der Waals surface area contributed by atoms with Crippen LogP contribution in [0.5, 0.6) is 0 Å². The van der Waals surface area contributed by atoms with E-state index in [1.165, 1.54) is 19.8 Å². The van der Waals surface area contributed by atoms with Gasteiger partial charge in [0.2, 0.25) is 0 Å². The Morgan fingerprint density at radius 2 is 1.73 bits per heavy atom. The zero-order valence-electron chi connectivity index (χ0n) is 28.3. The predicted molar refractivity (Wildman–Crippen MR) is 165 cm³/mol. The molecule has 1 saturated heterocycles. The van der Waals surface area contributed by atoms with Crippen LogP contribution in [0.1, 0.15) is 107 Å². The van der Waals surface area contributed by atoms with E-state index in [1.54, 1.807) is 13.8 Å². The van der Waals surface area contributed by atoms with Crippen LogP contribution in [0.3, 0.4) is 0 Å². The van der Waals surface area contributed by atoms with E-state index in [2.05, 4.69) is 39.9 Å². The van der Waals surface area contributed by atoms with Crippen LogP contribution in [0.4, 0.5) is 4.79 Å². The van der Waals surface area contributed by atoms with Gasteiger partial charge in [0.25, 0.3) is 0 Å². The molecule has 6 rings (SSSR count). The van der Waals surface area contributed by atoms with Crippen LogP contribution < -0.4 is 11.1 Å². The van der Waals surface area contributed by atoms with Gasteiger partial charge in [-0.25, -0.2) is 4.79 Å². The lowest BCUT2D eigenvalue weighted by atomic mass is 9.41. The molecule has 0 aromatic heterocycles. The van der Waals surface area contributed by atoms with Crippen LogP contribution in [0.2, 0.25) is 0 Å². The first-order valence-electron chi connectivity index (χ1n) is 17.3. The molecule has 6 aliphatic rings. The summed E-state index contributed by atoms with van der Waals surface area (Å²) in [6, 6.07) is 0. The van der Waals surface area contributed by atoms with Crippen molar-refractivity contribution in [1.29, 1.82) is 0 Å². The lowest BCUT2D eigenvalue weighted by molar-refractivity contribution is -0.216. The van der Waals surface area contributed by atoms with Crippen molar-refractivity contribution in [2.45, 2.75) is 143 Å². The molecule has 0 radical (unpaired) electrons. The van der Waals surface area contributed by atoms with Crippen LogP contribution in [0.25, 0.3) is 0 Å². The van der Waals surface area contributed by atoms with Crippen LogP contribution in [0.15, 0.2) is 0 Å². The van der Waals surface area contributed by atoms with Crippen molar-refractivity contribution in [3.63, 3.8) is 0 Å². The van der Waals surface area contributed by atoms with E-state index in [-0.39, 0.29) is 57.2 Å². The van der Waals surface area contributed by atoms with Crippen LogP contribution in [-0.2, 0) is 19.0 Å². The predicted octanol–water partition coefficient (Wildman–Crippen LogP) is 4.56. The number of rotatable bonds is 6. The molecule has 9 heteroatoms. The molecule has 0 bridgehead atoms. The fraction of sp³-hybridized carbons (Fsp3) is 0.943. The van der Waals surface area contributed by atoms with E-state index in [9.17, 15) is 19.8 Å². The third-order valence-electron chi connectivity index (χ3n) is 14.8. The summed E-state index contributed by atoms with van der Waals surface area (Å²) < 4.78 is 18.5. The number of fused-ring (bicyclic) bond motifs is 4. The SMILES string of the molecule is CC(=O)O[C@@H](C1CC(C)C2C(O1)[C@H](O)[C@@]1(C)[C@@H]3CC[C@H]4C(C)(C)C(OC(=O)NCCN)CC[C@@]45CC35CC[C@]21C)C(C)(C)O. The first kappa shape index (κ1) is 32.5. The second-order valence-electron chi connectivity index (χ2n) is 17.3. The molecule has 6 unspecified atom stereocenters. The number of nitrogens with two attached hydrogens (primary N) is 1. The smallest absolute Gasteiger partial charge is 0.407 e. The topological polar surface area (TPSA) is 140 Å². The molecule has 5 saturated carbocycles. The fourth-order valence-electron chi connectivity index (χ4n) is 12.9. The van der Waals surface area contributed by atoms with Crippen LogP contribution in [0, 0.1) is 50.7 Å². The third-order valence-corrected chi connectivity index (χ3v) is 14.8. The summed E-state index contributed by atoms with van der Waals surface area (Å²) in [4.78, 5) is 24.6. The second-order valence-corrected chi connectivity index (χ2v) is 17.3. The van der Waals surface area contributed by atoms with Gasteiger partial charge in [0.05, 0.1) is 23.9 Å². The van der Waals surface area contributed by atoms with Crippen molar-refractivity contribution in [1.82, 2.24) is 5.32 Å². The number of aliphatic hydroxyl groups is 2. The van der Waals surface area contributed by atoms with Gasteiger partial charge in [-0.15, -0.1) is 0 Å². The van der Waals surface area contributed by atoms with Crippen LogP contribution in [-0.4, -0.2) is 71.5 Å². The first-order chi connectivity index (χ1) is 20.4. The summed E-state index contributed by atoms with van der Waals surface area (Å²) >= 11 is 0. The van der Waals surface area contributed by atoms with Gasteiger partial charge in [-0.3, -0.25) is 4.79 Å². The van der Waals surface area contributed by atoms with Crippen LogP contribution >= 0.6 is 0 Å². The Morgan fingerprint density at radius 1 is 1.07 bits per heavy atom. The highest BCUT2D eigenvalue weighted by Gasteiger charge is 2.84. The van der Waals surface area contributed by atoms with Crippen molar-refractivity contribution in [2.24, 2.45) is 56.5 Å². The Labute approximate surface area is 263 Å². The average Bonchev–Trinajstić information content (AvgIpc) is 3.56. The number of carbonyl (C=O) groups excluding carboxylic acids is 2. The number of nitrogens with one attached hydrogen (secondary N) is 1. The largest absolute Gasteiger partial charge is 0.457 e. The molecule has 6 fully saturated rings. The van der Waals surface area contributed by atoms with E-state index >= 15 is 0 Å². The molecule has 2 spiro atoms. The minimum atomic E-state index is -1.27. The summed E-state index contributed by atoms with van der Waals surface area (Å²) in [5.74, 6) is 0.857. The molecule has 13 atom stereocenters. The molecule has 44 heavy (non-hydrogen) atoms. The highest BCUT2D eigenvalue weighted by molar-refractivity contribution is 5.67. The molecule has 9 nitrogen and oxygen atoms in total. The lowest BCUT2D eigenvalue weighted by Gasteiger charge is -2.63. The van der Waals surface area contributed by atoms with Crippen molar-refractivity contribution in [2.75, 3.05) is 13.1 Å². The summed E-state index contributed by atoms with van der Waals surface area (Å²) in [6.45, 7) is 17.1.